The Morgan fingerprint density at radius 3 is 2.39 bits per heavy atom. The first kappa shape index (κ1) is 12.1. The third-order valence-electron chi connectivity index (χ3n) is 2.36. The van der Waals surface area contributed by atoms with Gasteiger partial charge >= 0.3 is 11.8 Å². The summed E-state index contributed by atoms with van der Waals surface area (Å²) in [6.07, 6.45) is 0. The number of aryl methyl sites for hydroxylation is 1. The number of aromatic nitrogens is 2. The van der Waals surface area contributed by atoms with Crippen LogP contribution in [0.4, 0.5) is 11.4 Å². The van der Waals surface area contributed by atoms with Crippen LogP contribution in [0, 0.1) is 6.92 Å². The Bertz CT molecular complexity index is 545. The molecule has 0 atom stereocenters. The van der Waals surface area contributed by atoms with E-state index < -0.39 is 5.91 Å². The number of anilines is 2. The monoisotopic (exact) mass is 246 g/mol. The lowest BCUT2D eigenvalue weighted by Crippen LogP contribution is -2.13. The Kier molecular flexibility index (Phi) is 3.27. The van der Waals surface area contributed by atoms with Gasteiger partial charge in [0.25, 0.3) is 0 Å². The zero-order valence-electron chi connectivity index (χ0n) is 10.5. The molecular weight excluding hydrogens is 232 g/mol. The number of nitrogens with zero attached hydrogens (tertiary/aromatic N) is 3. The number of amides is 1. The molecule has 0 aliphatic carbocycles. The van der Waals surface area contributed by atoms with Gasteiger partial charge in [0.1, 0.15) is 0 Å². The molecule has 0 saturated heterocycles. The summed E-state index contributed by atoms with van der Waals surface area (Å²) in [5, 5.41) is 9.94. The number of carbonyl (C=O) groups is 1. The van der Waals surface area contributed by atoms with Gasteiger partial charge in [0.15, 0.2) is 0 Å². The van der Waals surface area contributed by atoms with E-state index in [2.05, 4.69) is 15.5 Å². The van der Waals surface area contributed by atoms with Crippen LogP contribution in [0.2, 0.25) is 0 Å². The summed E-state index contributed by atoms with van der Waals surface area (Å²) in [7, 11) is 3.91. The smallest absolute Gasteiger partial charge is 0.313 e. The van der Waals surface area contributed by atoms with Crippen LogP contribution in [0.15, 0.2) is 28.7 Å². The van der Waals surface area contributed by atoms with E-state index in [0.717, 1.165) is 5.69 Å². The third kappa shape index (κ3) is 2.65. The quantitative estimate of drug-likeness (QED) is 0.892. The van der Waals surface area contributed by atoms with Gasteiger partial charge in [-0.1, -0.05) is 0 Å². The van der Waals surface area contributed by atoms with E-state index in [1.807, 2.05) is 43.3 Å². The Morgan fingerprint density at radius 1 is 1.22 bits per heavy atom. The predicted molar refractivity (Wildman–Crippen MR) is 67.8 cm³/mol. The molecule has 0 bridgehead atoms. The summed E-state index contributed by atoms with van der Waals surface area (Å²) in [4.78, 5) is 13.7. The van der Waals surface area contributed by atoms with E-state index in [4.69, 9.17) is 4.42 Å². The average molecular weight is 246 g/mol. The van der Waals surface area contributed by atoms with Crippen molar-refractivity contribution in [3.63, 3.8) is 0 Å². The molecule has 0 spiro atoms. The molecule has 0 saturated carbocycles. The van der Waals surface area contributed by atoms with Crippen LogP contribution < -0.4 is 10.2 Å². The first-order chi connectivity index (χ1) is 8.56. The average Bonchev–Trinajstić information content (AvgIpc) is 2.76. The normalized spacial score (nSPS) is 10.2. The van der Waals surface area contributed by atoms with Crippen LogP contribution in [0.3, 0.4) is 0 Å². The van der Waals surface area contributed by atoms with Crippen molar-refractivity contribution in [3.05, 3.63) is 36.0 Å². The Hall–Kier alpha value is -2.37. The standard InChI is InChI=1S/C12H14N4O2/c1-8-14-15-12(18-8)11(17)13-9-4-6-10(7-5-9)16(2)3/h4-7H,1-3H3,(H,13,17). The molecule has 1 aromatic heterocycles. The summed E-state index contributed by atoms with van der Waals surface area (Å²) in [5.74, 6) is -0.0829. The molecule has 0 fully saturated rings. The summed E-state index contributed by atoms with van der Waals surface area (Å²) in [6, 6.07) is 7.45. The van der Waals surface area contributed by atoms with Gasteiger partial charge in [0, 0.05) is 32.4 Å². The van der Waals surface area contributed by atoms with Crippen molar-refractivity contribution in [1.29, 1.82) is 0 Å². The van der Waals surface area contributed by atoms with Gasteiger partial charge in [-0.15, -0.1) is 10.2 Å². The molecule has 1 amide bonds. The summed E-state index contributed by atoms with van der Waals surface area (Å²) in [6.45, 7) is 1.63. The molecule has 1 aromatic carbocycles. The predicted octanol–water partition coefficient (Wildman–Crippen LogP) is 1.70. The number of hydrogen-bond acceptors (Lipinski definition) is 5. The number of carbonyl (C=O) groups excluding carboxylic acids is 1. The Labute approximate surface area is 105 Å². The second-order valence-electron chi connectivity index (χ2n) is 4.02. The minimum Gasteiger partial charge on any atom is -0.417 e. The van der Waals surface area contributed by atoms with Gasteiger partial charge in [-0.2, -0.15) is 0 Å². The van der Waals surface area contributed by atoms with Crippen molar-refractivity contribution < 1.29 is 9.21 Å². The molecule has 0 aliphatic rings. The molecule has 1 heterocycles. The molecule has 0 unspecified atom stereocenters. The van der Waals surface area contributed by atoms with Gasteiger partial charge in [-0.05, 0) is 24.3 Å². The summed E-state index contributed by atoms with van der Waals surface area (Å²) >= 11 is 0. The summed E-state index contributed by atoms with van der Waals surface area (Å²) < 4.78 is 5.04. The molecule has 2 rings (SSSR count). The molecule has 94 valence electrons. The zero-order chi connectivity index (χ0) is 13.1. The Balaban J connectivity index is 2.07. The minimum absolute atomic E-state index is 0.0378. The van der Waals surface area contributed by atoms with E-state index in [0.29, 0.717) is 11.6 Å². The second-order valence-corrected chi connectivity index (χ2v) is 4.02. The van der Waals surface area contributed by atoms with E-state index in [-0.39, 0.29) is 5.89 Å². The van der Waals surface area contributed by atoms with Gasteiger partial charge in [0.05, 0.1) is 0 Å². The van der Waals surface area contributed by atoms with E-state index >= 15 is 0 Å². The molecule has 2 aromatic rings. The molecule has 0 radical (unpaired) electrons. The zero-order valence-corrected chi connectivity index (χ0v) is 10.5. The van der Waals surface area contributed by atoms with Crippen molar-refractivity contribution in [3.8, 4) is 0 Å². The highest BCUT2D eigenvalue weighted by Gasteiger charge is 2.13. The van der Waals surface area contributed by atoms with Crippen molar-refractivity contribution in [2.24, 2.45) is 0 Å². The van der Waals surface area contributed by atoms with E-state index in [1.54, 1.807) is 6.92 Å². The van der Waals surface area contributed by atoms with Crippen molar-refractivity contribution in [1.82, 2.24) is 10.2 Å². The summed E-state index contributed by atoms with van der Waals surface area (Å²) in [5.41, 5.74) is 1.74. The fraction of sp³-hybridized carbons (Fsp3) is 0.250. The van der Waals surface area contributed by atoms with Gasteiger partial charge in [0.2, 0.25) is 5.89 Å². The van der Waals surface area contributed by atoms with Gasteiger partial charge < -0.3 is 14.6 Å². The largest absolute Gasteiger partial charge is 0.417 e. The van der Waals surface area contributed by atoms with E-state index in [1.165, 1.54) is 0 Å². The highest BCUT2D eigenvalue weighted by molar-refractivity contribution is 6.00. The fourth-order valence-electron chi connectivity index (χ4n) is 1.42. The SMILES string of the molecule is Cc1nnc(C(=O)Nc2ccc(N(C)C)cc2)o1. The fourth-order valence-corrected chi connectivity index (χ4v) is 1.42. The molecule has 6 nitrogen and oxygen atoms in total. The first-order valence-corrected chi connectivity index (χ1v) is 5.45. The molecule has 1 N–H and O–H groups in total. The van der Waals surface area contributed by atoms with Crippen LogP contribution in [0.5, 0.6) is 0 Å². The van der Waals surface area contributed by atoms with Crippen molar-refractivity contribution in [2.75, 3.05) is 24.3 Å². The van der Waals surface area contributed by atoms with Crippen LogP contribution in [-0.2, 0) is 0 Å². The molecule has 0 aliphatic heterocycles. The number of hydrogen-bond donors (Lipinski definition) is 1. The maximum absolute atomic E-state index is 11.7. The van der Waals surface area contributed by atoms with Crippen molar-refractivity contribution in [2.45, 2.75) is 6.92 Å². The lowest BCUT2D eigenvalue weighted by atomic mass is 10.2. The number of rotatable bonds is 3. The van der Waals surface area contributed by atoms with Crippen LogP contribution >= 0.6 is 0 Å². The highest BCUT2D eigenvalue weighted by atomic mass is 16.4. The molecule has 6 heteroatoms. The lowest BCUT2D eigenvalue weighted by molar-refractivity contribution is 0.0989. The van der Waals surface area contributed by atoms with Crippen LogP contribution in [-0.4, -0.2) is 30.2 Å². The molecule has 18 heavy (non-hydrogen) atoms. The van der Waals surface area contributed by atoms with Crippen molar-refractivity contribution >= 4 is 17.3 Å². The topological polar surface area (TPSA) is 71.3 Å². The number of nitrogens with one attached hydrogen (secondary N) is 1. The van der Waals surface area contributed by atoms with Gasteiger partial charge in [-0.25, -0.2) is 0 Å². The maximum atomic E-state index is 11.7. The maximum Gasteiger partial charge on any atom is 0.313 e. The lowest BCUT2D eigenvalue weighted by Gasteiger charge is -2.12. The Morgan fingerprint density at radius 2 is 1.89 bits per heavy atom. The van der Waals surface area contributed by atoms with E-state index in [9.17, 15) is 4.79 Å². The minimum atomic E-state index is -0.409. The second kappa shape index (κ2) is 4.87. The van der Waals surface area contributed by atoms with Gasteiger partial charge in [-0.3, -0.25) is 4.79 Å². The molecular formula is C12H14N4O2. The third-order valence-corrected chi connectivity index (χ3v) is 2.36. The van der Waals surface area contributed by atoms with Crippen LogP contribution in [0.1, 0.15) is 16.6 Å². The number of benzene rings is 1. The van der Waals surface area contributed by atoms with Crippen LogP contribution in [0.25, 0.3) is 0 Å². The first-order valence-electron chi connectivity index (χ1n) is 5.45. The highest BCUT2D eigenvalue weighted by Crippen LogP contribution is 2.16.